The maximum Gasteiger partial charge on any atom is 0.0797 e. The van der Waals surface area contributed by atoms with Crippen molar-refractivity contribution in [3.8, 4) is 21.7 Å². The van der Waals surface area contributed by atoms with Crippen LogP contribution in [-0.2, 0) is 0 Å². The number of pyridine rings is 3. The van der Waals surface area contributed by atoms with E-state index >= 15 is 0 Å². The molecule has 0 unspecified atom stereocenters. The first-order valence-corrected chi connectivity index (χ1v) is 9.33. The summed E-state index contributed by atoms with van der Waals surface area (Å²) in [5.41, 5.74) is 6.15. The molecule has 0 N–H and O–H groups in total. The molecule has 0 aromatic carbocycles. The first-order valence-electron chi connectivity index (χ1n) is 8.45. The van der Waals surface area contributed by atoms with Crippen molar-refractivity contribution in [2.45, 2.75) is 20.8 Å². The van der Waals surface area contributed by atoms with Crippen LogP contribution in [0.3, 0.4) is 0 Å². The Kier molecular flexibility index (Phi) is 8.09. The average molecular weight is 363 g/mol. The third-order valence-corrected chi connectivity index (χ3v) is 4.04. The van der Waals surface area contributed by atoms with Crippen molar-refractivity contribution in [3.63, 3.8) is 0 Å². The number of hydrogen-bond donors (Lipinski definition) is 0. The lowest BCUT2D eigenvalue weighted by atomic mass is 10.1. The number of rotatable bonds is 2. The minimum atomic E-state index is 0.971. The topological polar surface area (TPSA) is 51.6 Å². The maximum atomic E-state index is 4.25. The minimum absolute atomic E-state index is 0.971. The number of aryl methyl sites for hydroxylation is 1. The van der Waals surface area contributed by atoms with Crippen LogP contribution in [0.25, 0.3) is 21.7 Å². The molecule has 0 saturated carbocycles. The third-order valence-electron chi connectivity index (χ3n) is 3.21. The largest absolute Gasteiger partial charge is 0.264 e. The molecule has 0 fully saturated rings. The van der Waals surface area contributed by atoms with Crippen LogP contribution in [0, 0.1) is 6.92 Å². The second kappa shape index (κ2) is 10.8. The van der Waals surface area contributed by atoms with E-state index in [1.165, 1.54) is 0 Å². The molecule has 0 spiro atoms. The highest BCUT2D eigenvalue weighted by Gasteiger charge is 1.97. The van der Waals surface area contributed by atoms with Crippen molar-refractivity contribution in [1.82, 2.24) is 19.9 Å². The Morgan fingerprint density at radius 3 is 2.23 bits per heavy atom. The quantitative estimate of drug-likeness (QED) is 0.460. The van der Waals surface area contributed by atoms with E-state index < -0.39 is 0 Å². The van der Waals surface area contributed by atoms with Gasteiger partial charge in [-0.2, -0.15) is 0 Å². The first kappa shape index (κ1) is 19.4. The van der Waals surface area contributed by atoms with Gasteiger partial charge in [0.15, 0.2) is 0 Å². The lowest BCUT2D eigenvalue weighted by Crippen LogP contribution is -1.84. The van der Waals surface area contributed by atoms with Gasteiger partial charge in [-0.05, 0) is 36.8 Å². The smallest absolute Gasteiger partial charge is 0.0797 e. The van der Waals surface area contributed by atoms with Crippen molar-refractivity contribution in [3.05, 3.63) is 84.7 Å². The normalized spacial score (nSPS) is 9.35. The standard InChI is InChI=1S/C11H10N2.C8H6N2S.C2H6/c1-9-6-10(8-12-7-9)11-4-2-3-5-13-11;1-2-7(4-9-3-1)8-5-10-6-11-8;1-2/h2-8H,1H3;1-6H;1-2H3. The molecule has 132 valence electrons. The van der Waals surface area contributed by atoms with Gasteiger partial charge < -0.3 is 0 Å². The Morgan fingerprint density at radius 2 is 1.62 bits per heavy atom. The number of nitrogens with zero attached hydrogens (tertiary/aromatic N) is 4. The Hall–Kier alpha value is -2.92. The molecule has 0 saturated heterocycles. The molecule has 0 amide bonds. The van der Waals surface area contributed by atoms with Crippen LogP contribution >= 0.6 is 11.3 Å². The van der Waals surface area contributed by atoms with Gasteiger partial charge in [-0.25, -0.2) is 0 Å². The molecule has 26 heavy (non-hydrogen) atoms. The molecule has 4 nitrogen and oxygen atoms in total. The summed E-state index contributed by atoms with van der Waals surface area (Å²) in [6.07, 6.45) is 10.9. The van der Waals surface area contributed by atoms with Crippen LogP contribution in [0.4, 0.5) is 0 Å². The van der Waals surface area contributed by atoms with Gasteiger partial charge in [-0.1, -0.05) is 26.0 Å². The van der Waals surface area contributed by atoms with Crippen molar-refractivity contribution in [2.24, 2.45) is 0 Å². The molecular weight excluding hydrogens is 340 g/mol. The summed E-state index contributed by atoms with van der Waals surface area (Å²) in [5.74, 6) is 0. The van der Waals surface area contributed by atoms with E-state index in [1.807, 2.05) is 81.4 Å². The Bertz CT molecular complexity index is 863. The number of hydrogen-bond acceptors (Lipinski definition) is 5. The van der Waals surface area contributed by atoms with E-state index in [0.717, 1.165) is 27.3 Å². The minimum Gasteiger partial charge on any atom is -0.264 e. The van der Waals surface area contributed by atoms with Crippen molar-refractivity contribution >= 4 is 11.3 Å². The van der Waals surface area contributed by atoms with Crippen molar-refractivity contribution in [2.75, 3.05) is 0 Å². The van der Waals surface area contributed by atoms with Crippen LogP contribution in [0.5, 0.6) is 0 Å². The molecule has 0 atom stereocenters. The van der Waals surface area contributed by atoms with Crippen molar-refractivity contribution < 1.29 is 0 Å². The van der Waals surface area contributed by atoms with Crippen molar-refractivity contribution in [1.29, 1.82) is 0 Å². The maximum absolute atomic E-state index is 4.25. The van der Waals surface area contributed by atoms with E-state index in [1.54, 1.807) is 23.7 Å². The lowest BCUT2D eigenvalue weighted by molar-refractivity contribution is 1.24. The third kappa shape index (κ3) is 5.86. The summed E-state index contributed by atoms with van der Waals surface area (Å²) in [7, 11) is 0. The molecule has 0 bridgehead atoms. The molecule has 0 aliphatic carbocycles. The SMILES string of the molecule is CC.Cc1cncc(-c2ccccn2)c1.c1cncc(-c2cncs2)c1. The summed E-state index contributed by atoms with van der Waals surface area (Å²) in [5, 5.41) is 0. The van der Waals surface area contributed by atoms with Crippen LogP contribution in [0.15, 0.2) is 79.1 Å². The summed E-state index contributed by atoms with van der Waals surface area (Å²) in [4.78, 5) is 17.5. The highest BCUT2D eigenvalue weighted by atomic mass is 32.1. The molecule has 5 heteroatoms. The molecule has 4 rings (SSSR count). The zero-order valence-corrected chi connectivity index (χ0v) is 16.0. The van der Waals surface area contributed by atoms with Gasteiger partial charge in [0.05, 0.1) is 16.1 Å². The van der Waals surface area contributed by atoms with E-state index in [-0.39, 0.29) is 0 Å². The molecule has 4 aromatic heterocycles. The lowest BCUT2D eigenvalue weighted by Gasteiger charge is -1.99. The first-order chi connectivity index (χ1) is 12.8. The molecule has 4 aromatic rings. The predicted molar refractivity (Wildman–Crippen MR) is 109 cm³/mol. The molecule has 0 aliphatic heterocycles. The van der Waals surface area contributed by atoms with Crippen LogP contribution in [0.1, 0.15) is 19.4 Å². The predicted octanol–water partition coefficient (Wildman–Crippen LogP) is 5.68. The van der Waals surface area contributed by atoms with Gasteiger partial charge >= 0.3 is 0 Å². The van der Waals surface area contributed by atoms with E-state index in [4.69, 9.17) is 0 Å². The number of aromatic nitrogens is 4. The molecule has 4 heterocycles. The fourth-order valence-electron chi connectivity index (χ4n) is 2.10. The molecule has 0 aliphatic rings. The zero-order valence-electron chi connectivity index (χ0n) is 15.2. The fraction of sp³-hybridized carbons (Fsp3) is 0.143. The Balaban J connectivity index is 0.000000173. The summed E-state index contributed by atoms with van der Waals surface area (Å²) in [6.45, 7) is 6.03. The Labute approximate surface area is 158 Å². The summed E-state index contributed by atoms with van der Waals surface area (Å²) >= 11 is 1.62. The van der Waals surface area contributed by atoms with E-state index in [9.17, 15) is 0 Å². The molecule has 0 radical (unpaired) electrons. The van der Waals surface area contributed by atoms with Crippen LogP contribution in [-0.4, -0.2) is 19.9 Å². The molecular formula is C21H22N4S. The Morgan fingerprint density at radius 1 is 0.769 bits per heavy atom. The van der Waals surface area contributed by atoms with Crippen LogP contribution in [0.2, 0.25) is 0 Å². The van der Waals surface area contributed by atoms with E-state index in [0.29, 0.717) is 0 Å². The van der Waals surface area contributed by atoms with Gasteiger partial charge in [0.2, 0.25) is 0 Å². The van der Waals surface area contributed by atoms with Gasteiger partial charge in [0.25, 0.3) is 0 Å². The van der Waals surface area contributed by atoms with Gasteiger partial charge in [0.1, 0.15) is 0 Å². The fourth-order valence-corrected chi connectivity index (χ4v) is 2.71. The summed E-state index contributed by atoms with van der Waals surface area (Å²) < 4.78 is 0. The zero-order chi connectivity index (χ0) is 18.6. The van der Waals surface area contributed by atoms with Crippen LogP contribution < -0.4 is 0 Å². The van der Waals surface area contributed by atoms with Gasteiger partial charge in [0, 0.05) is 48.3 Å². The van der Waals surface area contributed by atoms with Gasteiger partial charge in [-0.15, -0.1) is 11.3 Å². The monoisotopic (exact) mass is 362 g/mol. The average Bonchev–Trinajstić information content (AvgIpc) is 3.26. The highest BCUT2D eigenvalue weighted by Crippen LogP contribution is 2.21. The summed E-state index contributed by atoms with van der Waals surface area (Å²) in [6, 6.07) is 11.9. The second-order valence-electron chi connectivity index (χ2n) is 5.07. The van der Waals surface area contributed by atoms with E-state index in [2.05, 4.69) is 26.0 Å². The second-order valence-corrected chi connectivity index (χ2v) is 5.96. The van der Waals surface area contributed by atoms with Gasteiger partial charge in [-0.3, -0.25) is 19.9 Å². The number of thiazole rings is 1. The highest BCUT2D eigenvalue weighted by molar-refractivity contribution is 7.13.